The van der Waals surface area contributed by atoms with Crippen LogP contribution in [0.3, 0.4) is 0 Å². The molecule has 131 valence electrons. The van der Waals surface area contributed by atoms with Crippen molar-refractivity contribution in [1.82, 2.24) is 0 Å². The Kier molecular flexibility index (Phi) is 3.97. The number of fused-ring (bicyclic) bond motifs is 5. The SMILES string of the molecule is c1ccc2cc3c(ccc4cc5cccc([Si]6CCO[Si][Si]6)c5cc43)cc2c1. The van der Waals surface area contributed by atoms with E-state index in [0.717, 1.165) is 15.2 Å². The second kappa shape index (κ2) is 6.67. The van der Waals surface area contributed by atoms with Crippen LogP contribution in [0.15, 0.2) is 78.9 Å². The van der Waals surface area contributed by atoms with Gasteiger partial charge in [0.15, 0.2) is 0 Å². The van der Waals surface area contributed by atoms with Gasteiger partial charge >= 0.3 is 0 Å². The summed E-state index contributed by atoms with van der Waals surface area (Å²) in [5, 5.41) is 12.5. The van der Waals surface area contributed by atoms with Gasteiger partial charge in [-0.25, -0.2) is 0 Å². The van der Waals surface area contributed by atoms with E-state index in [1.54, 1.807) is 5.19 Å². The minimum Gasteiger partial charge on any atom is -0.422 e. The van der Waals surface area contributed by atoms with Crippen LogP contribution in [0, 0.1) is 0 Å². The van der Waals surface area contributed by atoms with E-state index in [1.165, 1.54) is 49.1 Å². The average Bonchev–Trinajstić information content (AvgIpc) is 2.76. The lowest BCUT2D eigenvalue weighted by atomic mass is 9.96. The third-order valence-corrected chi connectivity index (χ3v) is 15.1. The fourth-order valence-corrected chi connectivity index (χ4v) is 13.4. The summed E-state index contributed by atoms with van der Waals surface area (Å²) in [5.41, 5.74) is 0. The minimum absolute atomic E-state index is 0.490. The summed E-state index contributed by atoms with van der Waals surface area (Å²) in [5.74, 6) is 0. The molecule has 1 aliphatic heterocycles. The van der Waals surface area contributed by atoms with Crippen molar-refractivity contribution in [2.24, 2.45) is 0 Å². The van der Waals surface area contributed by atoms with Gasteiger partial charge in [0, 0.05) is 6.61 Å². The van der Waals surface area contributed by atoms with Crippen molar-refractivity contribution < 1.29 is 4.43 Å². The predicted octanol–water partition coefficient (Wildman–Crippen LogP) is 4.77. The lowest BCUT2D eigenvalue weighted by Gasteiger charge is -2.21. The normalized spacial score (nSPS) is 15.7. The maximum Gasteiger partial charge on any atom is 0.203 e. The molecule has 1 heterocycles. The van der Waals surface area contributed by atoms with Crippen molar-refractivity contribution in [3.05, 3.63) is 78.9 Å². The smallest absolute Gasteiger partial charge is 0.203 e. The first-order valence-corrected chi connectivity index (χ1v) is 15.3. The highest BCUT2D eigenvalue weighted by atomic mass is 29.5. The lowest BCUT2D eigenvalue weighted by molar-refractivity contribution is 0.367. The van der Waals surface area contributed by atoms with E-state index in [2.05, 4.69) is 78.9 Å². The van der Waals surface area contributed by atoms with Crippen LogP contribution in [-0.4, -0.2) is 32.8 Å². The zero-order chi connectivity index (χ0) is 18.5. The topological polar surface area (TPSA) is 9.23 Å². The van der Waals surface area contributed by atoms with Crippen molar-refractivity contribution in [2.45, 2.75) is 6.04 Å². The van der Waals surface area contributed by atoms with Crippen molar-refractivity contribution in [2.75, 3.05) is 6.61 Å². The van der Waals surface area contributed by atoms with Crippen LogP contribution in [-0.2, 0) is 4.43 Å². The van der Waals surface area contributed by atoms with Crippen molar-refractivity contribution in [3.63, 3.8) is 0 Å². The molecule has 5 radical (unpaired) electrons. The third kappa shape index (κ3) is 2.68. The lowest BCUT2D eigenvalue weighted by Crippen LogP contribution is -2.45. The van der Waals surface area contributed by atoms with Crippen LogP contribution in [0.25, 0.3) is 43.1 Å². The number of hydrogen-bond donors (Lipinski definition) is 0. The summed E-state index contributed by atoms with van der Waals surface area (Å²) in [6, 6.07) is 30.9. The zero-order valence-corrected chi connectivity index (χ0v) is 18.3. The molecule has 0 atom stereocenters. The number of rotatable bonds is 1. The molecule has 0 N–H and O–H groups in total. The van der Waals surface area contributed by atoms with Gasteiger partial charge in [0.1, 0.15) is 0 Å². The fraction of sp³-hybridized carbons (Fsp3) is 0.0833. The molecule has 1 nitrogen and oxygen atoms in total. The van der Waals surface area contributed by atoms with E-state index in [-0.39, 0.29) is 0 Å². The Balaban J connectivity index is 1.67. The monoisotopic (exact) mass is 405 g/mol. The van der Waals surface area contributed by atoms with E-state index < -0.39 is 8.31 Å². The van der Waals surface area contributed by atoms with Crippen molar-refractivity contribution in [3.8, 4) is 0 Å². The highest BCUT2D eigenvalue weighted by Gasteiger charge is 2.21. The summed E-state index contributed by atoms with van der Waals surface area (Å²) < 4.78 is 5.67. The molecular formula is C24H17OSi3. The summed E-state index contributed by atoms with van der Waals surface area (Å²) in [4.78, 5) is 0. The van der Waals surface area contributed by atoms with Crippen molar-refractivity contribution in [1.29, 1.82) is 0 Å². The van der Waals surface area contributed by atoms with Gasteiger partial charge in [-0.3, -0.25) is 0 Å². The molecule has 1 fully saturated rings. The molecule has 4 heteroatoms. The van der Waals surface area contributed by atoms with Crippen LogP contribution >= 0.6 is 0 Å². The maximum absolute atomic E-state index is 5.67. The van der Waals surface area contributed by atoms with Crippen LogP contribution in [0.5, 0.6) is 0 Å². The first-order valence-electron chi connectivity index (χ1n) is 9.64. The molecule has 1 saturated heterocycles. The molecule has 5 aromatic carbocycles. The maximum atomic E-state index is 5.67. The van der Waals surface area contributed by atoms with Gasteiger partial charge in [0.25, 0.3) is 0 Å². The molecule has 5 aromatic rings. The Morgan fingerprint density at radius 3 is 2.11 bits per heavy atom. The highest BCUT2D eigenvalue weighted by molar-refractivity contribution is 7.39. The van der Waals surface area contributed by atoms with Gasteiger partial charge in [-0.1, -0.05) is 59.8 Å². The average molecular weight is 406 g/mol. The quantitative estimate of drug-likeness (QED) is 0.222. The molecule has 0 spiro atoms. The standard InChI is InChI=1S/C24H17OSi3/c1-2-5-17-14-21-19(12-16(17)4-1)8-9-20-13-18-6-3-7-24(23(18)15-22(20)21)28-11-10-25-26-27-28/h1-9,12-15H,10-11H2. The van der Waals surface area contributed by atoms with Crippen LogP contribution in [0.4, 0.5) is 0 Å². The Hall–Kier alpha value is -2.25. The van der Waals surface area contributed by atoms with Gasteiger partial charge in [-0.15, -0.1) is 0 Å². The van der Waals surface area contributed by atoms with Gasteiger partial charge in [0.05, 0.1) is 16.9 Å². The molecule has 1 aliphatic rings. The minimum atomic E-state index is -0.490. The van der Waals surface area contributed by atoms with E-state index in [1.807, 2.05) is 0 Å². The molecule has 0 saturated carbocycles. The second-order valence-electron chi connectivity index (χ2n) is 7.39. The Bertz CT molecular complexity index is 1360. The van der Waals surface area contributed by atoms with Crippen LogP contribution in [0.1, 0.15) is 0 Å². The second-order valence-corrected chi connectivity index (χ2v) is 15.6. The molecule has 6 rings (SSSR count). The van der Waals surface area contributed by atoms with Crippen LogP contribution in [0.2, 0.25) is 6.04 Å². The number of hydrogen-bond acceptors (Lipinski definition) is 1. The molecule has 0 unspecified atom stereocenters. The van der Waals surface area contributed by atoms with E-state index in [0.29, 0.717) is 9.28 Å². The first kappa shape index (κ1) is 16.7. The zero-order valence-electron chi connectivity index (χ0n) is 15.3. The summed E-state index contributed by atoms with van der Waals surface area (Å²) in [7, 11) is 1.20. The van der Waals surface area contributed by atoms with Gasteiger partial charge < -0.3 is 4.43 Å². The largest absolute Gasteiger partial charge is 0.422 e. The molecule has 0 aromatic heterocycles. The number of benzene rings is 5. The summed E-state index contributed by atoms with van der Waals surface area (Å²) in [6.45, 7) is 0.943. The predicted molar refractivity (Wildman–Crippen MR) is 124 cm³/mol. The highest BCUT2D eigenvalue weighted by Crippen LogP contribution is 2.32. The third-order valence-electron chi connectivity index (χ3n) is 5.75. The summed E-state index contributed by atoms with van der Waals surface area (Å²) >= 11 is 0. The van der Waals surface area contributed by atoms with E-state index in [4.69, 9.17) is 4.43 Å². The molecule has 0 bridgehead atoms. The van der Waals surface area contributed by atoms with E-state index >= 15 is 0 Å². The van der Waals surface area contributed by atoms with Crippen molar-refractivity contribution >= 4 is 74.4 Å². The van der Waals surface area contributed by atoms with Gasteiger partial charge in [0.2, 0.25) is 9.28 Å². The molecule has 28 heavy (non-hydrogen) atoms. The Morgan fingerprint density at radius 2 is 1.32 bits per heavy atom. The van der Waals surface area contributed by atoms with Gasteiger partial charge in [-0.2, -0.15) is 0 Å². The Morgan fingerprint density at radius 1 is 0.643 bits per heavy atom. The fourth-order valence-electron chi connectivity index (χ4n) is 4.35. The van der Waals surface area contributed by atoms with Crippen LogP contribution < -0.4 is 5.19 Å². The molecule has 0 aliphatic carbocycles. The Labute approximate surface area is 170 Å². The first-order chi connectivity index (χ1) is 13.9. The molecule has 0 amide bonds. The summed E-state index contributed by atoms with van der Waals surface area (Å²) in [6.07, 6.45) is 0. The van der Waals surface area contributed by atoms with E-state index in [9.17, 15) is 0 Å². The van der Waals surface area contributed by atoms with Gasteiger partial charge in [-0.05, 0) is 73.4 Å². The molecular weight excluding hydrogens is 389 g/mol.